The van der Waals surface area contributed by atoms with Crippen molar-refractivity contribution in [2.45, 2.75) is 25.6 Å². The average molecular weight is 296 g/mol. The minimum Gasteiger partial charge on any atom is -0.367 e. The van der Waals surface area contributed by atoms with Gasteiger partial charge >= 0.3 is 0 Å². The van der Waals surface area contributed by atoms with Crippen molar-refractivity contribution in [2.24, 2.45) is 5.92 Å². The molecule has 1 saturated heterocycles. The minimum absolute atomic E-state index is 0.110. The molecule has 90 valence electrons. The number of hydrogen-bond acceptors (Lipinski definition) is 3. The molecule has 3 heterocycles. The third kappa shape index (κ3) is 1.69. The minimum atomic E-state index is 0.110. The van der Waals surface area contributed by atoms with Crippen LogP contribution in [0.1, 0.15) is 13.3 Å². The predicted octanol–water partition coefficient (Wildman–Crippen LogP) is 1.39. The molecule has 0 spiro atoms. The van der Waals surface area contributed by atoms with Gasteiger partial charge in [-0.1, -0.05) is 6.08 Å². The molecule has 3 unspecified atom stereocenters. The number of allylic oxidation sites excluding steroid dienone is 2. The molecule has 3 aliphatic heterocycles. The molecular formula is C12H14BrN3O. The van der Waals surface area contributed by atoms with Crippen molar-refractivity contribution in [3.05, 3.63) is 35.7 Å². The molecule has 0 saturated carbocycles. The number of piperidine rings is 1. The summed E-state index contributed by atoms with van der Waals surface area (Å²) < 4.78 is 1.96. The Bertz CT molecular complexity index is 455. The third-order valence-corrected chi connectivity index (χ3v) is 4.12. The smallest absolute Gasteiger partial charge is 0.224 e. The normalized spacial score (nSPS) is 35.1. The van der Waals surface area contributed by atoms with Crippen LogP contribution in [0.3, 0.4) is 0 Å². The molecule has 0 aliphatic carbocycles. The number of amides is 1. The number of halogens is 1. The number of hydrogen-bond donors (Lipinski definition) is 2. The van der Waals surface area contributed by atoms with Gasteiger partial charge in [-0.15, -0.1) is 0 Å². The van der Waals surface area contributed by atoms with Crippen molar-refractivity contribution in [3.8, 4) is 0 Å². The van der Waals surface area contributed by atoms with Crippen LogP contribution >= 0.6 is 16.1 Å². The van der Waals surface area contributed by atoms with Crippen LogP contribution in [0.15, 0.2) is 35.7 Å². The van der Waals surface area contributed by atoms with Gasteiger partial charge in [-0.05, 0) is 30.3 Å². The van der Waals surface area contributed by atoms with E-state index >= 15 is 0 Å². The summed E-state index contributed by atoms with van der Waals surface area (Å²) in [7, 11) is 0. The number of carbonyl (C=O) groups is 1. The molecule has 3 aliphatic rings. The highest BCUT2D eigenvalue weighted by Gasteiger charge is 2.40. The summed E-state index contributed by atoms with van der Waals surface area (Å²) in [6.07, 6.45) is 8.76. The highest BCUT2D eigenvalue weighted by molar-refractivity contribution is 9.07. The van der Waals surface area contributed by atoms with Crippen molar-refractivity contribution >= 4 is 22.1 Å². The Morgan fingerprint density at radius 1 is 1.53 bits per heavy atom. The third-order valence-electron chi connectivity index (χ3n) is 3.50. The average Bonchev–Trinajstić information content (AvgIpc) is 2.28. The zero-order chi connectivity index (χ0) is 12.0. The lowest BCUT2D eigenvalue weighted by atomic mass is 9.77. The van der Waals surface area contributed by atoms with Crippen LogP contribution in [0.5, 0.6) is 0 Å². The van der Waals surface area contributed by atoms with Gasteiger partial charge in [-0.25, -0.2) is 0 Å². The van der Waals surface area contributed by atoms with Gasteiger partial charge in [0, 0.05) is 24.6 Å². The number of dihydropyridines is 1. The summed E-state index contributed by atoms with van der Waals surface area (Å²) in [6, 6.07) is 0.158. The Kier molecular flexibility index (Phi) is 2.50. The largest absolute Gasteiger partial charge is 0.367 e. The first-order chi connectivity index (χ1) is 8.16. The van der Waals surface area contributed by atoms with Crippen molar-refractivity contribution in [3.63, 3.8) is 0 Å². The van der Waals surface area contributed by atoms with Crippen molar-refractivity contribution in [1.29, 1.82) is 0 Å². The van der Waals surface area contributed by atoms with E-state index in [1.54, 1.807) is 0 Å². The Hall–Kier alpha value is -1.23. The van der Waals surface area contributed by atoms with Crippen molar-refractivity contribution in [2.75, 3.05) is 0 Å². The van der Waals surface area contributed by atoms with Crippen LogP contribution in [0.25, 0.3) is 0 Å². The second-order valence-electron chi connectivity index (χ2n) is 4.65. The van der Waals surface area contributed by atoms with Gasteiger partial charge in [0.1, 0.15) is 6.17 Å². The van der Waals surface area contributed by atoms with E-state index in [1.165, 1.54) is 11.1 Å². The maximum absolute atomic E-state index is 11.6. The molecule has 1 amide bonds. The van der Waals surface area contributed by atoms with Gasteiger partial charge < -0.3 is 10.6 Å². The van der Waals surface area contributed by atoms with Crippen LogP contribution < -0.4 is 10.6 Å². The lowest BCUT2D eigenvalue weighted by Gasteiger charge is -2.44. The fourth-order valence-electron chi connectivity index (χ4n) is 2.85. The second-order valence-corrected chi connectivity index (χ2v) is 5.47. The molecular weight excluding hydrogens is 282 g/mol. The van der Waals surface area contributed by atoms with E-state index in [0.717, 1.165) is 0 Å². The quantitative estimate of drug-likeness (QED) is 0.664. The number of fused-ring (bicyclic) bond motifs is 3. The van der Waals surface area contributed by atoms with E-state index in [1.807, 2.05) is 22.4 Å². The maximum atomic E-state index is 11.6. The second kappa shape index (κ2) is 3.91. The first-order valence-corrected chi connectivity index (χ1v) is 6.44. The highest BCUT2D eigenvalue weighted by atomic mass is 79.9. The Labute approximate surface area is 109 Å². The van der Waals surface area contributed by atoms with E-state index in [9.17, 15) is 4.79 Å². The van der Waals surface area contributed by atoms with E-state index in [4.69, 9.17) is 0 Å². The SMILES string of the molecule is CC1NC(=O)CC2=CN(Br)C3NC=CC=C3C21. The molecule has 4 nitrogen and oxygen atoms in total. The molecule has 0 bridgehead atoms. The van der Waals surface area contributed by atoms with Crippen LogP contribution in [-0.4, -0.2) is 22.0 Å². The van der Waals surface area contributed by atoms with Gasteiger partial charge in [0.2, 0.25) is 5.91 Å². The van der Waals surface area contributed by atoms with Crippen molar-refractivity contribution < 1.29 is 4.79 Å². The number of nitrogens with one attached hydrogen (secondary N) is 2. The predicted molar refractivity (Wildman–Crippen MR) is 68.7 cm³/mol. The van der Waals surface area contributed by atoms with Crippen molar-refractivity contribution in [1.82, 2.24) is 14.6 Å². The van der Waals surface area contributed by atoms with Gasteiger partial charge in [0.15, 0.2) is 0 Å². The summed E-state index contributed by atoms with van der Waals surface area (Å²) >= 11 is 3.52. The van der Waals surface area contributed by atoms with Crippen LogP contribution in [0.4, 0.5) is 0 Å². The molecule has 0 aromatic heterocycles. The lowest BCUT2D eigenvalue weighted by Crippen LogP contribution is -2.52. The fraction of sp³-hybridized carbons (Fsp3) is 0.417. The molecule has 2 N–H and O–H groups in total. The molecule has 3 atom stereocenters. The standard InChI is InChI=1S/C12H14BrN3O/c1-7-11-8(5-10(17)15-7)6-16(13)12-9(11)3-2-4-14-12/h2-4,6-7,11-12,14H,5H2,1H3,(H,15,17). The molecule has 0 aromatic carbocycles. The number of carbonyl (C=O) groups excluding carboxylic acids is 1. The fourth-order valence-corrected chi connectivity index (χ4v) is 3.46. The van der Waals surface area contributed by atoms with Gasteiger partial charge in [-0.2, -0.15) is 0 Å². The summed E-state index contributed by atoms with van der Waals surface area (Å²) in [5.41, 5.74) is 2.48. The Morgan fingerprint density at radius 2 is 2.35 bits per heavy atom. The zero-order valence-electron chi connectivity index (χ0n) is 9.48. The summed E-state index contributed by atoms with van der Waals surface area (Å²) in [6.45, 7) is 2.07. The molecule has 3 rings (SSSR count). The van der Waals surface area contributed by atoms with E-state index in [0.29, 0.717) is 12.3 Å². The van der Waals surface area contributed by atoms with Crippen LogP contribution in [0, 0.1) is 5.92 Å². The van der Waals surface area contributed by atoms with Crippen LogP contribution in [0.2, 0.25) is 0 Å². The zero-order valence-corrected chi connectivity index (χ0v) is 11.1. The number of nitrogens with zero attached hydrogens (tertiary/aromatic N) is 1. The topological polar surface area (TPSA) is 44.4 Å². The molecule has 17 heavy (non-hydrogen) atoms. The van der Waals surface area contributed by atoms with Crippen LogP contribution in [-0.2, 0) is 4.79 Å². The Morgan fingerprint density at radius 3 is 3.18 bits per heavy atom. The first-order valence-electron chi connectivity index (χ1n) is 5.73. The summed E-state index contributed by atoms with van der Waals surface area (Å²) in [4.78, 5) is 11.6. The lowest BCUT2D eigenvalue weighted by molar-refractivity contribution is -0.122. The monoisotopic (exact) mass is 295 g/mol. The summed E-state index contributed by atoms with van der Waals surface area (Å²) in [5.74, 6) is 0.420. The highest BCUT2D eigenvalue weighted by Crippen LogP contribution is 2.39. The summed E-state index contributed by atoms with van der Waals surface area (Å²) in [5, 5.41) is 6.33. The van der Waals surface area contributed by atoms with E-state index < -0.39 is 0 Å². The van der Waals surface area contributed by atoms with Gasteiger partial charge in [0.25, 0.3) is 0 Å². The Balaban J connectivity index is 2.04. The van der Waals surface area contributed by atoms with E-state index in [-0.39, 0.29) is 18.1 Å². The van der Waals surface area contributed by atoms with E-state index in [2.05, 4.69) is 39.8 Å². The molecule has 0 radical (unpaired) electrons. The molecule has 5 heteroatoms. The number of rotatable bonds is 0. The van der Waals surface area contributed by atoms with Gasteiger partial charge in [-0.3, -0.25) is 8.72 Å². The first kappa shape index (κ1) is 10.9. The van der Waals surface area contributed by atoms with Gasteiger partial charge in [0.05, 0.1) is 16.1 Å². The molecule has 1 fully saturated rings. The maximum Gasteiger partial charge on any atom is 0.224 e. The molecule has 0 aromatic rings.